The minimum absolute atomic E-state index is 0.0266. The summed E-state index contributed by atoms with van der Waals surface area (Å²) in [6.45, 7) is 3.69. The van der Waals surface area contributed by atoms with Crippen LogP contribution in [0.25, 0.3) is 0 Å². The predicted octanol–water partition coefficient (Wildman–Crippen LogP) is 2.78. The Morgan fingerprint density at radius 1 is 1.19 bits per heavy atom. The van der Waals surface area contributed by atoms with Gasteiger partial charge in [-0.1, -0.05) is 18.2 Å². The van der Waals surface area contributed by atoms with E-state index < -0.39 is 9.84 Å². The molecule has 0 saturated heterocycles. The molecule has 0 radical (unpaired) electrons. The fourth-order valence-corrected chi connectivity index (χ4v) is 4.54. The highest BCUT2D eigenvalue weighted by atomic mass is 32.2. The molecular weight excluding hydrogens is 364 g/mol. The van der Waals surface area contributed by atoms with E-state index in [9.17, 15) is 8.42 Å². The van der Waals surface area contributed by atoms with Crippen LogP contribution in [-0.4, -0.2) is 39.0 Å². The highest BCUT2D eigenvalue weighted by Gasteiger charge is 2.31. The minimum Gasteiger partial charge on any atom is -0.493 e. The molecule has 0 amide bonds. The van der Waals surface area contributed by atoms with Crippen LogP contribution in [0.1, 0.15) is 29.7 Å². The quantitative estimate of drug-likeness (QED) is 0.732. The van der Waals surface area contributed by atoms with Crippen LogP contribution in [0, 0.1) is 0 Å². The van der Waals surface area contributed by atoms with Gasteiger partial charge in [0.05, 0.1) is 19.5 Å². The molecule has 146 valence electrons. The average Bonchev–Trinajstić information content (AvgIpc) is 3.05. The summed E-state index contributed by atoms with van der Waals surface area (Å²) in [4.78, 5) is 2.15. The van der Waals surface area contributed by atoms with Crippen LogP contribution in [0.5, 0.6) is 11.5 Å². The molecule has 1 atom stereocenters. The molecule has 0 unspecified atom stereocenters. The van der Waals surface area contributed by atoms with Crippen molar-refractivity contribution >= 4 is 15.5 Å². The van der Waals surface area contributed by atoms with Crippen molar-refractivity contribution in [2.45, 2.75) is 26.1 Å². The zero-order valence-electron chi connectivity index (χ0n) is 15.9. The van der Waals surface area contributed by atoms with E-state index in [4.69, 9.17) is 15.2 Å². The second-order valence-electron chi connectivity index (χ2n) is 6.84. The monoisotopic (exact) mass is 390 g/mol. The standard InChI is InChI=1S/C20H26N2O4S/c1-4-26-20-10-14(8-9-19(20)25-2)18(13-27(3,23)24)22-11-15-6-5-7-17(21)16(15)12-22/h5-10,18H,4,11-13,21H2,1-3H3/t18-/m1/s1. The molecular formula is C20H26N2O4S. The minimum atomic E-state index is -3.19. The molecule has 0 fully saturated rings. The number of hydrogen-bond acceptors (Lipinski definition) is 6. The second kappa shape index (κ2) is 7.78. The van der Waals surface area contributed by atoms with Crippen molar-refractivity contribution in [3.63, 3.8) is 0 Å². The average molecular weight is 391 g/mol. The zero-order chi connectivity index (χ0) is 19.6. The molecule has 2 aromatic carbocycles. The number of sulfone groups is 1. The van der Waals surface area contributed by atoms with E-state index in [0.717, 1.165) is 22.4 Å². The fraction of sp³-hybridized carbons (Fsp3) is 0.400. The lowest BCUT2D eigenvalue weighted by molar-refractivity contribution is 0.216. The normalized spacial score (nSPS) is 15.4. The van der Waals surface area contributed by atoms with Gasteiger partial charge in [-0.2, -0.15) is 0 Å². The van der Waals surface area contributed by atoms with Crippen LogP contribution in [0.15, 0.2) is 36.4 Å². The Labute approximate surface area is 160 Å². The Hall–Kier alpha value is -2.25. The van der Waals surface area contributed by atoms with Crippen LogP contribution < -0.4 is 15.2 Å². The van der Waals surface area contributed by atoms with Gasteiger partial charge >= 0.3 is 0 Å². The number of hydrogen-bond donors (Lipinski definition) is 1. The van der Waals surface area contributed by atoms with E-state index in [1.807, 2.05) is 43.3 Å². The maximum Gasteiger partial charge on any atom is 0.161 e. The number of methoxy groups -OCH3 is 1. The van der Waals surface area contributed by atoms with E-state index in [0.29, 0.717) is 31.2 Å². The molecule has 0 saturated carbocycles. The van der Waals surface area contributed by atoms with Crippen molar-refractivity contribution in [2.75, 3.05) is 31.5 Å². The lowest BCUT2D eigenvalue weighted by Gasteiger charge is -2.28. The number of fused-ring (bicyclic) bond motifs is 1. The Morgan fingerprint density at radius 2 is 1.96 bits per heavy atom. The summed E-state index contributed by atoms with van der Waals surface area (Å²) in [6.07, 6.45) is 1.27. The Bertz CT molecular complexity index is 928. The van der Waals surface area contributed by atoms with Crippen LogP contribution in [0.2, 0.25) is 0 Å². The molecule has 0 aromatic heterocycles. The molecule has 0 spiro atoms. The summed E-state index contributed by atoms with van der Waals surface area (Å²) in [5, 5.41) is 0. The Kier molecular flexibility index (Phi) is 5.62. The topological polar surface area (TPSA) is 81.9 Å². The molecule has 2 aromatic rings. The summed E-state index contributed by atoms with van der Waals surface area (Å²) in [5.41, 5.74) is 9.98. The fourth-order valence-electron chi connectivity index (χ4n) is 3.56. The van der Waals surface area contributed by atoms with Crippen molar-refractivity contribution in [3.05, 3.63) is 53.1 Å². The number of ether oxygens (including phenoxy) is 2. The summed E-state index contributed by atoms with van der Waals surface area (Å²) in [6, 6.07) is 11.2. The van der Waals surface area contributed by atoms with E-state index in [2.05, 4.69) is 4.90 Å². The van der Waals surface area contributed by atoms with Gasteiger partial charge in [-0.05, 0) is 41.8 Å². The first-order chi connectivity index (χ1) is 12.8. The van der Waals surface area contributed by atoms with Crippen molar-refractivity contribution in [1.29, 1.82) is 0 Å². The van der Waals surface area contributed by atoms with Gasteiger partial charge < -0.3 is 15.2 Å². The number of nitrogens with two attached hydrogens (primary N) is 1. The van der Waals surface area contributed by atoms with Gasteiger partial charge in [0.2, 0.25) is 0 Å². The zero-order valence-corrected chi connectivity index (χ0v) is 16.8. The third-order valence-corrected chi connectivity index (χ3v) is 5.74. The lowest BCUT2D eigenvalue weighted by atomic mass is 10.1. The third-order valence-electron chi connectivity index (χ3n) is 4.82. The first kappa shape index (κ1) is 19.5. The van der Waals surface area contributed by atoms with Crippen molar-refractivity contribution < 1.29 is 17.9 Å². The molecule has 1 aliphatic rings. The Morgan fingerprint density at radius 3 is 2.59 bits per heavy atom. The van der Waals surface area contributed by atoms with Crippen LogP contribution >= 0.6 is 0 Å². The second-order valence-corrected chi connectivity index (χ2v) is 9.03. The molecule has 27 heavy (non-hydrogen) atoms. The van der Waals surface area contributed by atoms with Gasteiger partial charge in [0, 0.05) is 31.1 Å². The number of benzene rings is 2. The SMILES string of the molecule is CCOc1cc([C@@H](CS(C)(=O)=O)N2Cc3cccc(N)c3C2)ccc1OC. The van der Waals surface area contributed by atoms with Crippen molar-refractivity contribution in [3.8, 4) is 11.5 Å². The van der Waals surface area contributed by atoms with Crippen molar-refractivity contribution in [1.82, 2.24) is 4.90 Å². The summed E-state index contributed by atoms with van der Waals surface area (Å²) >= 11 is 0. The lowest BCUT2D eigenvalue weighted by Crippen LogP contribution is -2.29. The van der Waals surface area contributed by atoms with Gasteiger partial charge in [0.1, 0.15) is 9.84 Å². The maximum atomic E-state index is 12.1. The van der Waals surface area contributed by atoms with Gasteiger partial charge in [-0.3, -0.25) is 4.90 Å². The molecule has 3 rings (SSSR count). The summed E-state index contributed by atoms with van der Waals surface area (Å²) < 4.78 is 35.3. The number of nitrogen functional groups attached to an aromatic ring is 1. The van der Waals surface area contributed by atoms with Crippen LogP contribution in [0.3, 0.4) is 0 Å². The van der Waals surface area contributed by atoms with Crippen molar-refractivity contribution in [2.24, 2.45) is 0 Å². The molecule has 7 heteroatoms. The first-order valence-electron chi connectivity index (χ1n) is 8.91. The number of anilines is 1. The third kappa shape index (κ3) is 4.36. The van der Waals surface area contributed by atoms with E-state index in [-0.39, 0.29) is 11.8 Å². The first-order valence-corrected chi connectivity index (χ1v) is 11.0. The van der Waals surface area contributed by atoms with Crippen LogP contribution in [0.4, 0.5) is 5.69 Å². The summed E-state index contributed by atoms with van der Waals surface area (Å²) in [7, 11) is -1.60. The molecule has 0 aliphatic carbocycles. The number of nitrogens with zero attached hydrogens (tertiary/aromatic N) is 1. The smallest absolute Gasteiger partial charge is 0.161 e. The van der Waals surface area contributed by atoms with E-state index in [1.54, 1.807) is 7.11 Å². The van der Waals surface area contributed by atoms with E-state index >= 15 is 0 Å². The van der Waals surface area contributed by atoms with Crippen LogP contribution in [-0.2, 0) is 22.9 Å². The van der Waals surface area contributed by atoms with Gasteiger partial charge in [-0.25, -0.2) is 8.42 Å². The maximum absolute atomic E-state index is 12.1. The molecule has 6 nitrogen and oxygen atoms in total. The largest absolute Gasteiger partial charge is 0.493 e. The van der Waals surface area contributed by atoms with E-state index in [1.165, 1.54) is 6.26 Å². The molecule has 0 bridgehead atoms. The van der Waals surface area contributed by atoms with Gasteiger partial charge in [0.25, 0.3) is 0 Å². The molecule has 2 N–H and O–H groups in total. The van der Waals surface area contributed by atoms with Gasteiger partial charge in [0.15, 0.2) is 11.5 Å². The number of rotatable bonds is 7. The molecule has 1 heterocycles. The van der Waals surface area contributed by atoms with Gasteiger partial charge in [-0.15, -0.1) is 0 Å². The summed E-state index contributed by atoms with van der Waals surface area (Å²) in [5.74, 6) is 1.28. The predicted molar refractivity (Wildman–Crippen MR) is 107 cm³/mol. The highest BCUT2D eigenvalue weighted by molar-refractivity contribution is 7.90. The Balaban J connectivity index is 1.98. The molecule has 1 aliphatic heterocycles. The highest BCUT2D eigenvalue weighted by Crippen LogP contribution is 2.37.